The van der Waals surface area contributed by atoms with Gasteiger partial charge >= 0.3 is 5.97 Å². The van der Waals surface area contributed by atoms with Gasteiger partial charge in [-0.15, -0.1) is 5.10 Å². The Balaban J connectivity index is 1.61. The van der Waals surface area contributed by atoms with E-state index in [1.165, 1.54) is 12.1 Å². The molecule has 2 aromatic carbocycles. The smallest absolute Gasteiger partial charge is 0.322 e. The highest BCUT2D eigenvalue weighted by atomic mass is 32.2. The van der Waals surface area contributed by atoms with Crippen LogP contribution in [0.3, 0.4) is 0 Å². The lowest BCUT2D eigenvalue weighted by molar-refractivity contribution is -0.146. The predicted molar refractivity (Wildman–Crippen MR) is 96.3 cm³/mol. The fourth-order valence-electron chi connectivity index (χ4n) is 2.25. The number of carbonyl (C=O) groups is 1. The maximum absolute atomic E-state index is 12.2. The molecule has 140 valence electrons. The highest BCUT2D eigenvalue weighted by molar-refractivity contribution is 7.89. The van der Waals surface area contributed by atoms with E-state index in [4.69, 9.17) is 4.74 Å². The molecule has 1 N–H and O–H groups in total. The number of nitrogens with zero attached hydrogens (tertiary/aromatic N) is 3. The molecule has 0 fully saturated rings. The summed E-state index contributed by atoms with van der Waals surface area (Å²) in [5.41, 5.74) is 0.875. The number of sulfonamides is 1. The molecule has 0 atom stereocenters. The summed E-state index contributed by atoms with van der Waals surface area (Å²) in [5.74, 6) is -0.854. The summed E-state index contributed by atoms with van der Waals surface area (Å²) in [5, 5.41) is 7.88. The Morgan fingerprint density at radius 1 is 1.15 bits per heavy atom. The molecule has 0 aliphatic carbocycles. The summed E-state index contributed by atoms with van der Waals surface area (Å²) in [4.78, 5) is 24.1. The third-order valence-electron chi connectivity index (χ3n) is 3.71. The molecular weight excluding hydrogens is 372 g/mol. The molecule has 0 spiro atoms. The predicted octanol–water partition coefficient (Wildman–Crippen LogP) is 0.579. The van der Waals surface area contributed by atoms with Gasteiger partial charge in [0, 0.05) is 0 Å². The van der Waals surface area contributed by atoms with Crippen LogP contribution in [0.15, 0.2) is 58.2 Å². The van der Waals surface area contributed by atoms with Crippen molar-refractivity contribution in [1.82, 2.24) is 19.7 Å². The summed E-state index contributed by atoms with van der Waals surface area (Å²) in [7, 11) is -3.84. The van der Waals surface area contributed by atoms with Crippen LogP contribution in [0.25, 0.3) is 10.9 Å². The molecule has 27 heavy (non-hydrogen) atoms. The second-order valence-corrected chi connectivity index (χ2v) is 7.46. The molecule has 0 saturated heterocycles. The topological polar surface area (TPSA) is 120 Å². The first-order chi connectivity index (χ1) is 12.9. The molecule has 0 saturated carbocycles. The maximum Gasteiger partial charge on any atom is 0.322 e. The normalized spacial score (nSPS) is 11.4. The minimum atomic E-state index is -3.84. The molecule has 10 heteroatoms. The van der Waals surface area contributed by atoms with Crippen molar-refractivity contribution in [2.45, 2.75) is 18.6 Å². The molecule has 1 heterocycles. The van der Waals surface area contributed by atoms with Crippen LogP contribution in [0.5, 0.6) is 0 Å². The molecule has 0 unspecified atom stereocenters. The lowest BCUT2D eigenvalue weighted by Gasteiger charge is -2.08. The fraction of sp³-hybridized carbons (Fsp3) is 0.176. The number of fused-ring (bicyclic) bond motifs is 1. The van der Waals surface area contributed by atoms with Crippen molar-refractivity contribution >= 4 is 26.9 Å². The molecule has 0 bridgehead atoms. The van der Waals surface area contributed by atoms with Crippen LogP contribution in [-0.2, 0) is 26.3 Å². The molecule has 1 aromatic heterocycles. The maximum atomic E-state index is 12.2. The van der Waals surface area contributed by atoms with Crippen LogP contribution in [0.2, 0.25) is 0 Å². The molecule has 3 aromatic rings. The molecule has 0 radical (unpaired) electrons. The van der Waals surface area contributed by atoms with Gasteiger partial charge in [-0.3, -0.25) is 9.59 Å². The number of esters is 1. The van der Waals surface area contributed by atoms with Crippen LogP contribution in [-0.4, -0.2) is 35.9 Å². The standard InChI is InChI=1S/C17H16N4O5S/c1-12-6-8-13(9-7-12)27(24,25)18-10-16(22)26-11-21-17(23)14-4-2-3-5-15(14)19-20-21/h2-9,18H,10-11H2,1H3. The molecule has 0 aliphatic rings. The largest absolute Gasteiger partial charge is 0.441 e. The van der Waals surface area contributed by atoms with E-state index in [2.05, 4.69) is 15.0 Å². The van der Waals surface area contributed by atoms with Gasteiger partial charge in [0.15, 0.2) is 6.73 Å². The number of benzene rings is 2. The summed E-state index contributed by atoms with van der Waals surface area (Å²) < 4.78 is 32.2. The lowest BCUT2D eigenvalue weighted by atomic mass is 10.2. The van der Waals surface area contributed by atoms with Crippen LogP contribution in [0.4, 0.5) is 0 Å². The Bertz CT molecular complexity index is 1140. The average Bonchev–Trinajstić information content (AvgIpc) is 2.66. The van der Waals surface area contributed by atoms with Gasteiger partial charge in [0.05, 0.1) is 10.3 Å². The third-order valence-corrected chi connectivity index (χ3v) is 5.13. The highest BCUT2D eigenvalue weighted by Gasteiger charge is 2.16. The van der Waals surface area contributed by atoms with E-state index < -0.39 is 34.8 Å². The van der Waals surface area contributed by atoms with Gasteiger partial charge in [-0.05, 0) is 31.2 Å². The van der Waals surface area contributed by atoms with E-state index in [1.54, 1.807) is 36.4 Å². The Kier molecular flexibility index (Phi) is 5.28. The number of ether oxygens (including phenoxy) is 1. The Labute approximate surface area is 154 Å². The number of carbonyl (C=O) groups excluding carboxylic acids is 1. The second-order valence-electron chi connectivity index (χ2n) is 5.69. The van der Waals surface area contributed by atoms with Crippen LogP contribution >= 0.6 is 0 Å². The first-order valence-electron chi connectivity index (χ1n) is 7.91. The van der Waals surface area contributed by atoms with Gasteiger partial charge in [-0.2, -0.15) is 9.40 Å². The van der Waals surface area contributed by atoms with Gasteiger partial charge in [0.1, 0.15) is 12.1 Å². The summed E-state index contributed by atoms with van der Waals surface area (Å²) >= 11 is 0. The molecule has 3 rings (SSSR count). The first-order valence-corrected chi connectivity index (χ1v) is 9.40. The summed E-state index contributed by atoms with van der Waals surface area (Å²) in [6, 6.07) is 12.8. The molecule has 0 aliphatic heterocycles. The Morgan fingerprint density at radius 3 is 2.59 bits per heavy atom. The Hall–Kier alpha value is -3.11. The van der Waals surface area contributed by atoms with Crippen molar-refractivity contribution in [2.75, 3.05) is 6.54 Å². The average molecular weight is 388 g/mol. The quantitative estimate of drug-likeness (QED) is 0.613. The van der Waals surface area contributed by atoms with E-state index in [-0.39, 0.29) is 4.90 Å². The van der Waals surface area contributed by atoms with Crippen molar-refractivity contribution < 1.29 is 17.9 Å². The van der Waals surface area contributed by atoms with Gasteiger partial charge in [-0.1, -0.05) is 35.0 Å². The zero-order chi connectivity index (χ0) is 19.4. The molecular formula is C17H16N4O5S. The number of aryl methyl sites for hydroxylation is 1. The minimum absolute atomic E-state index is 0.0394. The zero-order valence-electron chi connectivity index (χ0n) is 14.3. The molecule has 9 nitrogen and oxygen atoms in total. The van der Waals surface area contributed by atoms with Crippen LogP contribution in [0.1, 0.15) is 5.56 Å². The van der Waals surface area contributed by atoms with E-state index in [9.17, 15) is 18.0 Å². The van der Waals surface area contributed by atoms with Crippen molar-refractivity contribution in [3.05, 3.63) is 64.4 Å². The summed E-state index contributed by atoms with van der Waals surface area (Å²) in [6.45, 7) is 0.784. The Morgan fingerprint density at radius 2 is 1.85 bits per heavy atom. The van der Waals surface area contributed by atoms with Gasteiger partial charge in [0.25, 0.3) is 5.56 Å². The molecule has 0 amide bonds. The third kappa shape index (κ3) is 4.36. The van der Waals surface area contributed by atoms with Crippen LogP contribution in [0, 0.1) is 6.92 Å². The van der Waals surface area contributed by atoms with E-state index in [0.29, 0.717) is 10.9 Å². The van der Waals surface area contributed by atoms with Crippen molar-refractivity contribution in [3.8, 4) is 0 Å². The van der Waals surface area contributed by atoms with Crippen molar-refractivity contribution in [3.63, 3.8) is 0 Å². The van der Waals surface area contributed by atoms with Gasteiger partial charge < -0.3 is 4.74 Å². The fourth-order valence-corrected chi connectivity index (χ4v) is 3.22. The van der Waals surface area contributed by atoms with E-state index >= 15 is 0 Å². The van der Waals surface area contributed by atoms with Crippen LogP contribution < -0.4 is 10.3 Å². The van der Waals surface area contributed by atoms with Gasteiger partial charge in [-0.25, -0.2) is 8.42 Å². The summed E-state index contributed by atoms with van der Waals surface area (Å²) in [6.07, 6.45) is 0. The van der Waals surface area contributed by atoms with E-state index in [0.717, 1.165) is 10.2 Å². The van der Waals surface area contributed by atoms with Gasteiger partial charge in [0.2, 0.25) is 10.0 Å². The number of rotatable bonds is 6. The monoisotopic (exact) mass is 388 g/mol. The highest BCUT2D eigenvalue weighted by Crippen LogP contribution is 2.09. The number of aromatic nitrogens is 3. The zero-order valence-corrected chi connectivity index (χ0v) is 15.1. The van der Waals surface area contributed by atoms with E-state index in [1.807, 2.05) is 6.92 Å². The SMILES string of the molecule is Cc1ccc(S(=O)(=O)NCC(=O)OCn2nnc3ccccc3c2=O)cc1. The first kappa shape index (κ1) is 18.7. The van der Waals surface area contributed by atoms with Crippen molar-refractivity contribution in [1.29, 1.82) is 0 Å². The number of nitrogens with one attached hydrogen (secondary N) is 1. The lowest BCUT2D eigenvalue weighted by Crippen LogP contribution is -2.32. The van der Waals surface area contributed by atoms with Crippen molar-refractivity contribution in [2.24, 2.45) is 0 Å². The number of hydrogen-bond donors (Lipinski definition) is 1. The minimum Gasteiger partial charge on any atom is -0.441 e. The second kappa shape index (κ2) is 7.64. The number of hydrogen-bond acceptors (Lipinski definition) is 7.